The Bertz CT molecular complexity index is 738. The molecular formula is C18H17ClO4. The minimum Gasteiger partial charge on any atom is -0.493 e. The molecule has 0 heterocycles. The van der Waals surface area contributed by atoms with Gasteiger partial charge in [0, 0.05) is 11.1 Å². The molecule has 0 unspecified atom stereocenters. The molecule has 0 saturated carbocycles. The molecule has 23 heavy (non-hydrogen) atoms. The Hall–Kier alpha value is -2.46. The van der Waals surface area contributed by atoms with E-state index in [4.69, 9.17) is 25.8 Å². The number of benzene rings is 2. The van der Waals surface area contributed by atoms with Crippen molar-refractivity contribution in [3.8, 4) is 17.2 Å². The predicted molar refractivity (Wildman–Crippen MR) is 90.9 cm³/mol. The molecule has 0 aliphatic heterocycles. The van der Waals surface area contributed by atoms with Gasteiger partial charge in [-0.1, -0.05) is 23.7 Å². The van der Waals surface area contributed by atoms with Gasteiger partial charge in [-0.25, -0.2) is 0 Å². The fourth-order valence-electron chi connectivity index (χ4n) is 2.17. The summed E-state index contributed by atoms with van der Waals surface area (Å²) in [4.78, 5) is 12.2. The van der Waals surface area contributed by atoms with Crippen LogP contribution in [0.3, 0.4) is 0 Å². The zero-order valence-corrected chi connectivity index (χ0v) is 13.9. The molecule has 0 fully saturated rings. The van der Waals surface area contributed by atoms with Gasteiger partial charge in [0.25, 0.3) is 0 Å². The highest BCUT2D eigenvalue weighted by molar-refractivity contribution is 6.34. The van der Waals surface area contributed by atoms with E-state index in [1.165, 1.54) is 20.3 Å². The molecule has 2 aromatic carbocycles. The van der Waals surface area contributed by atoms with E-state index in [1.54, 1.807) is 49.6 Å². The molecule has 0 saturated heterocycles. The lowest BCUT2D eigenvalue weighted by Crippen LogP contribution is -1.98. The molecule has 0 aliphatic rings. The Kier molecular flexibility index (Phi) is 5.66. The number of carbonyl (C=O) groups is 1. The minimum absolute atomic E-state index is 0.188. The monoisotopic (exact) mass is 332 g/mol. The van der Waals surface area contributed by atoms with Crippen LogP contribution in [0.2, 0.25) is 5.02 Å². The van der Waals surface area contributed by atoms with Crippen LogP contribution in [0, 0.1) is 0 Å². The maximum Gasteiger partial charge on any atom is 0.203 e. The van der Waals surface area contributed by atoms with Gasteiger partial charge >= 0.3 is 0 Å². The largest absolute Gasteiger partial charge is 0.493 e. The van der Waals surface area contributed by atoms with Crippen molar-refractivity contribution in [2.45, 2.75) is 0 Å². The molecule has 0 radical (unpaired) electrons. The standard InChI is InChI=1S/C18H17ClO4/c1-21-16-11-9-12(17(22-2)18(16)23-3)8-10-15(20)13-6-4-5-7-14(13)19/h4-11H,1-3H3. The molecule has 0 N–H and O–H groups in total. The first-order valence-electron chi connectivity index (χ1n) is 6.88. The number of rotatable bonds is 6. The number of hydrogen-bond donors (Lipinski definition) is 0. The number of hydrogen-bond acceptors (Lipinski definition) is 4. The van der Waals surface area contributed by atoms with Gasteiger partial charge < -0.3 is 14.2 Å². The van der Waals surface area contributed by atoms with Gasteiger partial charge in [-0.05, 0) is 36.4 Å². The Balaban J connectivity index is 2.36. The highest BCUT2D eigenvalue weighted by atomic mass is 35.5. The van der Waals surface area contributed by atoms with Gasteiger partial charge in [-0.3, -0.25) is 4.79 Å². The number of halogens is 1. The normalized spacial score (nSPS) is 10.6. The van der Waals surface area contributed by atoms with Crippen LogP contribution in [0.15, 0.2) is 42.5 Å². The highest BCUT2D eigenvalue weighted by Gasteiger charge is 2.14. The average Bonchev–Trinajstić information content (AvgIpc) is 2.58. The number of allylic oxidation sites excluding steroid dienone is 1. The molecule has 0 aliphatic carbocycles. The molecule has 0 amide bonds. The smallest absolute Gasteiger partial charge is 0.203 e. The van der Waals surface area contributed by atoms with Crippen LogP contribution in [0.1, 0.15) is 15.9 Å². The van der Waals surface area contributed by atoms with Crippen molar-refractivity contribution in [2.24, 2.45) is 0 Å². The van der Waals surface area contributed by atoms with Gasteiger partial charge in [-0.2, -0.15) is 0 Å². The van der Waals surface area contributed by atoms with E-state index in [9.17, 15) is 4.79 Å². The molecular weight excluding hydrogens is 316 g/mol. The average molecular weight is 333 g/mol. The zero-order valence-electron chi connectivity index (χ0n) is 13.1. The van der Waals surface area contributed by atoms with E-state index < -0.39 is 0 Å². The maximum atomic E-state index is 12.2. The molecule has 2 aromatic rings. The zero-order chi connectivity index (χ0) is 16.8. The van der Waals surface area contributed by atoms with E-state index >= 15 is 0 Å². The summed E-state index contributed by atoms with van der Waals surface area (Å²) < 4.78 is 15.9. The third-order valence-corrected chi connectivity index (χ3v) is 3.62. The van der Waals surface area contributed by atoms with Gasteiger partial charge in [0.05, 0.1) is 26.4 Å². The number of ether oxygens (including phenoxy) is 3. The highest BCUT2D eigenvalue weighted by Crippen LogP contribution is 2.40. The van der Waals surface area contributed by atoms with E-state index in [2.05, 4.69) is 0 Å². The third kappa shape index (κ3) is 3.66. The van der Waals surface area contributed by atoms with Crippen LogP contribution < -0.4 is 14.2 Å². The van der Waals surface area contributed by atoms with Crippen molar-refractivity contribution >= 4 is 23.5 Å². The lowest BCUT2D eigenvalue weighted by Gasteiger charge is -2.13. The van der Waals surface area contributed by atoms with Crippen LogP contribution in [-0.4, -0.2) is 27.1 Å². The summed E-state index contributed by atoms with van der Waals surface area (Å²) in [6, 6.07) is 10.4. The van der Waals surface area contributed by atoms with Gasteiger partial charge in [0.2, 0.25) is 5.75 Å². The third-order valence-electron chi connectivity index (χ3n) is 3.29. The topological polar surface area (TPSA) is 44.8 Å². The fourth-order valence-corrected chi connectivity index (χ4v) is 2.40. The minimum atomic E-state index is -0.188. The first-order valence-corrected chi connectivity index (χ1v) is 7.26. The lowest BCUT2D eigenvalue weighted by molar-refractivity contribution is 0.104. The van der Waals surface area contributed by atoms with Crippen molar-refractivity contribution in [3.05, 3.63) is 58.6 Å². The quantitative estimate of drug-likeness (QED) is 0.585. The first kappa shape index (κ1) is 16.9. The molecule has 5 heteroatoms. The van der Waals surface area contributed by atoms with Crippen LogP contribution in [0.5, 0.6) is 17.2 Å². The second kappa shape index (κ2) is 7.70. The van der Waals surface area contributed by atoms with Crippen LogP contribution >= 0.6 is 11.6 Å². The summed E-state index contributed by atoms with van der Waals surface area (Å²) in [5.74, 6) is 1.34. The second-order valence-corrected chi connectivity index (χ2v) is 5.01. The molecule has 0 spiro atoms. The molecule has 0 atom stereocenters. The van der Waals surface area contributed by atoms with Crippen molar-refractivity contribution in [2.75, 3.05) is 21.3 Å². The van der Waals surface area contributed by atoms with Crippen LogP contribution in [-0.2, 0) is 0 Å². The van der Waals surface area contributed by atoms with Crippen LogP contribution in [0.25, 0.3) is 6.08 Å². The van der Waals surface area contributed by atoms with Gasteiger partial charge in [0.15, 0.2) is 17.3 Å². The van der Waals surface area contributed by atoms with E-state index in [0.717, 1.165) is 0 Å². The molecule has 2 rings (SSSR count). The summed E-state index contributed by atoms with van der Waals surface area (Å²) in [5, 5.41) is 0.418. The summed E-state index contributed by atoms with van der Waals surface area (Å²) >= 11 is 6.03. The maximum absolute atomic E-state index is 12.2. The molecule has 0 aromatic heterocycles. The first-order chi connectivity index (χ1) is 11.1. The number of carbonyl (C=O) groups excluding carboxylic acids is 1. The van der Waals surface area contributed by atoms with Gasteiger partial charge in [0.1, 0.15) is 0 Å². The summed E-state index contributed by atoms with van der Waals surface area (Å²) in [5.41, 5.74) is 1.15. The van der Waals surface area contributed by atoms with Crippen molar-refractivity contribution < 1.29 is 19.0 Å². The van der Waals surface area contributed by atoms with E-state index in [0.29, 0.717) is 33.4 Å². The van der Waals surface area contributed by atoms with Gasteiger partial charge in [-0.15, -0.1) is 0 Å². The Morgan fingerprint density at radius 1 is 0.957 bits per heavy atom. The summed E-state index contributed by atoms with van der Waals surface area (Å²) in [6.07, 6.45) is 3.11. The summed E-state index contributed by atoms with van der Waals surface area (Å²) in [6.45, 7) is 0. The predicted octanol–water partition coefficient (Wildman–Crippen LogP) is 4.26. The van der Waals surface area contributed by atoms with Crippen molar-refractivity contribution in [1.82, 2.24) is 0 Å². The van der Waals surface area contributed by atoms with Crippen molar-refractivity contribution in [3.63, 3.8) is 0 Å². The molecule has 0 bridgehead atoms. The number of methoxy groups -OCH3 is 3. The van der Waals surface area contributed by atoms with E-state index in [1.807, 2.05) is 0 Å². The number of ketones is 1. The van der Waals surface area contributed by atoms with Crippen LogP contribution in [0.4, 0.5) is 0 Å². The lowest BCUT2D eigenvalue weighted by atomic mass is 10.1. The van der Waals surface area contributed by atoms with Crippen molar-refractivity contribution in [1.29, 1.82) is 0 Å². The SMILES string of the molecule is COc1ccc(C=CC(=O)c2ccccc2Cl)c(OC)c1OC. The Morgan fingerprint density at radius 3 is 2.26 bits per heavy atom. The Morgan fingerprint density at radius 2 is 1.65 bits per heavy atom. The summed E-state index contributed by atoms with van der Waals surface area (Å²) in [7, 11) is 4.61. The fraction of sp³-hybridized carbons (Fsp3) is 0.167. The van der Waals surface area contributed by atoms with E-state index in [-0.39, 0.29) is 5.78 Å². The second-order valence-electron chi connectivity index (χ2n) is 4.60. The molecule has 4 nitrogen and oxygen atoms in total. The molecule has 120 valence electrons. The Labute approximate surface area is 140 Å².